The third-order valence-corrected chi connectivity index (χ3v) is 13.7. The Morgan fingerprint density at radius 2 is 1.62 bits per heavy atom. The van der Waals surface area contributed by atoms with Gasteiger partial charge in [0.15, 0.2) is 14.1 Å². The molecule has 2 aliphatic rings. The fourth-order valence-electron chi connectivity index (χ4n) is 6.24. The first-order chi connectivity index (χ1) is 13.4. The van der Waals surface area contributed by atoms with Crippen LogP contribution in [-0.2, 0) is 14.0 Å². The molecule has 3 nitrogen and oxygen atoms in total. The van der Waals surface area contributed by atoms with Crippen LogP contribution in [0.1, 0.15) is 75.7 Å². The Labute approximate surface area is 180 Å². The van der Waals surface area contributed by atoms with Crippen molar-refractivity contribution in [3.8, 4) is 0 Å². The molecular formula is C25H44O3Si. The quantitative estimate of drug-likeness (QED) is 0.324. The third-order valence-electron chi connectivity index (χ3n) is 7.61. The van der Waals surface area contributed by atoms with Gasteiger partial charge in [-0.2, -0.15) is 0 Å². The highest BCUT2D eigenvalue weighted by Crippen LogP contribution is 2.49. The van der Waals surface area contributed by atoms with Crippen molar-refractivity contribution in [3.05, 3.63) is 23.3 Å². The number of ketones is 1. The molecule has 0 unspecified atom stereocenters. The molecule has 0 N–H and O–H groups in total. The van der Waals surface area contributed by atoms with Crippen molar-refractivity contribution >= 4 is 14.1 Å². The molecule has 2 rings (SSSR count). The normalized spacial score (nSPS) is 28.3. The highest BCUT2D eigenvalue weighted by Gasteiger charge is 2.51. The van der Waals surface area contributed by atoms with Crippen LogP contribution in [0.5, 0.6) is 0 Å². The number of Topliss-reactive ketones (excluding diaryl/α,β-unsaturated/α-hetero) is 1. The van der Waals surface area contributed by atoms with Crippen LogP contribution < -0.4 is 0 Å². The molecule has 0 spiro atoms. The van der Waals surface area contributed by atoms with Crippen molar-refractivity contribution in [2.45, 2.75) is 104 Å². The summed E-state index contributed by atoms with van der Waals surface area (Å²) < 4.78 is 13.5. The lowest BCUT2D eigenvalue weighted by Crippen LogP contribution is -2.49. The summed E-state index contributed by atoms with van der Waals surface area (Å²) >= 11 is 0. The van der Waals surface area contributed by atoms with Crippen LogP contribution in [0, 0.1) is 17.8 Å². The molecule has 4 atom stereocenters. The van der Waals surface area contributed by atoms with Crippen LogP contribution in [0.2, 0.25) is 16.6 Å². The molecule has 0 radical (unpaired) electrons. The first-order valence-corrected chi connectivity index (χ1v) is 13.7. The minimum atomic E-state index is -1.99. The van der Waals surface area contributed by atoms with Crippen molar-refractivity contribution in [1.29, 1.82) is 0 Å². The van der Waals surface area contributed by atoms with Crippen molar-refractivity contribution in [3.63, 3.8) is 0 Å². The number of carbonyl (C=O) groups excluding carboxylic acids is 1. The van der Waals surface area contributed by atoms with E-state index in [2.05, 4.69) is 68.9 Å². The van der Waals surface area contributed by atoms with Gasteiger partial charge in [0.2, 0.25) is 0 Å². The SMILES string of the molecule is C=C(C)[C@@H]1O[C@H](CO[Si](C(C)C)(C(C)C)C(C)C)C2=C(C)C(=O)C[C@H](C(C)C)[C@H]21. The van der Waals surface area contributed by atoms with Crippen LogP contribution in [0.25, 0.3) is 0 Å². The van der Waals surface area contributed by atoms with E-state index in [0.717, 1.165) is 11.1 Å². The standard InChI is InChI=1S/C25H44O3Si/c1-14(2)20-12-21(26)19(11)23-22(28-25(15(3)4)24(20)23)13-27-29(16(5)6,17(7)8)18(9)10/h14,16-18,20,22,24-25H,3,12-13H2,1-2,4-11H3/t20-,22-,24-,25+/m1/s1. The summed E-state index contributed by atoms with van der Waals surface area (Å²) in [5.74, 6) is 1.29. The Hall–Kier alpha value is -0.713. The lowest BCUT2D eigenvalue weighted by Gasteiger charge is -2.43. The Morgan fingerprint density at radius 3 is 2.03 bits per heavy atom. The average Bonchev–Trinajstić information content (AvgIpc) is 2.97. The molecule has 29 heavy (non-hydrogen) atoms. The summed E-state index contributed by atoms with van der Waals surface area (Å²) in [6, 6.07) is 0. The zero-order valence-corrected chi connectivity index (χ0v) is 21.5. The maximum atomic E-state index is 12.8. The van der Waals surface area contributed by atoms with Gasteiger partial charge in [-0.15, -0.1) is 0 Å². The summed E-state index contributed by atoms with van der Waals surface area (Å²) in [6.07, 6.45) is 0.485. The van der Waals surface area contributed by atoms with E-state index in [1.165, 1.54) is 5.57 Å². The second kappa shape index (κ2) is 9.19. The van der Waals surface area contributed by atoms with Gasteiger partial charge >= 0.3 is 0 Å². The number of ether oxygens (including phenoxy) is 1. The molecule has 0 aromatic heterocycles. The molecule has 1 heterocycles. The largest absolute Gasteiger partial charge is 0.413 e. The second-order valence-electron chi connectivity index (χ2n) is 10.7. The summed E-state index contributed by atoms with van der Waals surface area (Å²) in [6.45, 7) is 27.2. The fraction of sp³-hybridized carbons (Fsp3) is 0.800. The number of hydrogen-bond acceptors (Lipinski definition) is 3. The molecule has 4 heteroatoms. The molecule has 0 bridgehead atoms. The smallest absolute Gasteiger partial charge is 0.200 e. The number of rotatable bonds is 8. The lowest BCUT2D eigenvalue weighted by molar-refractivity contribution is -0.118. The molecule has 166 valence electrons. The van der Waals surface area contributed by atoms with E-state index in [0.29, 0.717) is 41.5 Å². The van der Waals surface area contributed by atoms with Crippen molar-refractivity contribution in [2.75, 3.05) is 6.61 Å². The highest BCUT2D eigenvalue weighted by atomic mass is 28.4. The van der Waals surface area contributed by atoms with Gasteiger partial charge in [-0.25, -0.2) is 0 Å². The van der Waals surface area contributed by atoms with Gasteiger partial charge in [0, 0.05) is 12.3 Å². The van der Waals surface area contributed by atoms with Crippen molar-refractivity contribution in [1.82, 2.24) is 0 Å². The zero-order chi connectivity index (χ0) is 22.3. The molecule has 0 aromatic carbocycles. The maximum Gasteiger partial charge on any atom is 0.200 e. The van der Waals surface area contributed by atoms with E-state index < -0.39 is 8.32 Å². The Balaban J connectivity index is 2.42. The van der Waals surface area contributed by atoms with E-state index in [-0.39, 0.29) is 23.9 Å². The maximum absolute atomic E-state index is 12.8. The van der Waals surface area contributed by atoms with Gasteiger partial charge in [-0.05, 0) is 53.5 Å². The molecule has 1 fully saturated rings. The molecule has 1 aliphatic heterocycles. The van der Waals surface area contributed by atoms with E-state index in [4.69, 9.17) is 9.16 Å². The Bertz CT molecular complexity index is 637. The van der Waals surface area contributed by atoms with E-state index in [9.17, 15) is 4.79 Å². The highest BCUT2D eigenvalue weighted by molar-refractivity contribution is 6.77. The van der Waals surface area contributed by atoms with Gasteiger partial charge in [-0.1, -0.05) is 67.5 Å². The number of fused-ring (bicyclic) bond motifs is 1. The first-order valence-electron chi connectivity index (χ1n) is 11.5. The van der Waals surface area contributed by atoms with Crippen molar-refractivity contribution < 1.29 is 14.0 Å². The molecule has 0 aromatic rings. The van der Waals surface area contributed by atoms with E-state index >= 15 is 0 Å². The molecular weight excluding hydrogens is 376 g/mol. The monoisotopic (exact) mass is 420 g/mol. The summed E-state index contributed by atoms with van der Waals surface area (Å²) in [5.41, 5.74) is 4.76. The van der Waals surface area contributed by atoms with E-state index in [1.807, 2.05) is 6.92 Å². The summed E-state index contributed by atoms with van der Waals surface area (Å²) in [5, 5.41) is 0. The summed E-state index contributed by atoms with van der Waals surface area (Å²) in [7, 11) is -1.99. The van der Waals surface area contributed by atoms with Gasteiger partial charge in [0.25, 0.3) is 0 Å². The minimum absolute atomic E-state index is 0.0118. The van der Waals surface area contributed by atoms with Crippen molar-refractivity contribution in [2.24, 2.45) is 17.8 Å². The molecule has 1 saturated heterocycles. The Kier molecular flexibility index (Phi) is 7.78. The van der Waals surface area contributed by atoms with Crippen LogP contribution in [0.15, 0.2) is 23.3 Å². The molecule has 0 amide bonds. The van der Waals surface area contributed by atoms with Crippen LogP contribution in [-0.4, -0.2) is 32.9 Å². The van der Waals surface area contributed by atoms with Gasteiger partial charge < -0.3 is 9.16 Å². The predicted molar refractivity (Wildman–Crippen MR) is 125 cm³/mol. The second-order valence-corrected chi connectivity index (χ2v) is 16.1. The average molecular weight is 421 g/mol. The summed E-state index contributed by atoms with van der Waals surface area (Å²) in [4.78, 5) is 12.8. The number of allylic oxidation sites excluding steroid dienone is 1. The van der Waals surface area contributed by atoms with Crippen LogP contribution in [0.4, 0.5) is 0 Å². The van der Waals surface area contributed by atoms with Gasteiger partial charge in [0.1, 0.15) is 6.10 Å². The van der Waals surface area contributed by atoms with Gasteiger partial charge in [0.05, 0.1) is 12.7 Å². The zero-order valence-electron chi connectivity index (χ0n) is 20.5. The van der Waals surface area contributed by atoms with E-state index in [1.54, 1.807) is 0 Å². The number of hydrogen-bond donors (Lipinski definition) is 0. The first kappa shape index (κ1) is 24.6. The number of carbonyl (C=O) groups is 1. The minimum Gasteiger partial charge on any atom is -0.413 e. The topological polar surface area (TPSA) is 35.5 Å². The van der Waals surface area contributed by atoms with Gasteiger partial charge in [-0.3, -0.25) is 4.79 Å². The molecule has 1 aliphatic carbocycles. The fourth-order valence-corrected chi connectivity index (χ4v) is 11.7. The predicted octanol–water partition coefficient (Wildman–Crippen LogP) is 6.70. The molecule has 0 saturated carbocycles. The van der Waals surface area contributed by atoms with Crippen LogP contribution in [0.3, 0.4) is 0 Å². The van der Waals surface area contributed by atoms with Crippen LogP contribution >= 0.6 is 0 Å². The lowest BCUT2D eigenvalue weighted by atomic mass is 9.67. The Morgan fingerprint density at radius 1 is 1.10 bits per heavy atom. The third kappa shape index (κ3) is 4.36.